The van der Waals surface area contributed by atoms with Crippen molar-refractivity contribution in [1.82, 2.24) is 10.2 Å². The molecule has 1 heterocycles. The van der Waals surface area contributed by atoms with Crippen molar-refractivity contribution in [2.24, 2.45) is 0 Å². The van der Waals surface area contributed by atoms with Crippen molar-refractivity contribution in [3.63, 3.8) is 0 Å². The van der Waals surface area contributed by atoms with Crippen LogP contribution in [0.25, 0.3) is 6.08 Å². The Morgan fingerprint density at radius 1 is 0.969 bits per heavy atom. The number of ether oxygens (including phenoxy) is 1. The topological polar surface area (TPSA) is 75.7 Å². The highest BCUT2D eigenvalue weighted by Gasteiger charge is 2.40. The second-order valence-electron chi connectivity index (χ2n) is 7.89. The van der Waals surface area contributed by atoms with Crippen LogP contribution >= 0.6 is 23.2 Å². The first-order valence-electron chi connectivity index (χ1n) is 10.5. The Morgan fingerprint density at radius 2 is 1.69 bits per heavy atom. The van der Waals surface area contributed by atoms with Gasteiger partial charge in [-0.2, -0.15) is 0 Å². The van der Waals surface area contributed by atoms with Crippen molar-refractivity contribution < 1.29 is 19.1 Å². The first kappa shape index (κ1) is 22.4. The second kappa shape index (κ2) is 9.76. The molecule has 0 unspecified atom stereocenters. The second-order valence-corrected chi connectivity index (χ2v) is 8.70. The van der Waals surface area contributed by atoms with Crippen LogP contribution in [0.5, 0.6) is 5.75 Å². The quantitative estimate of drug-likeness (QED) is 0.468. The zero-order chi connectivity index (χ0) is 22.7. The van der Waals surface area contributed by atoms with Gasteiger partial charge in [0.05, 0.1) is 10.0 Å². The summed E-state index contributed by atoms with van der Waals surface area (Å²) in [6.07, 6.45) is 6.08. The number of carbonyl (C=O) groups excluding carboxylic acids is 3. The van der Waals surface area contributed by atoms with Gasteiger partial charge in [0.1, 0.15) is 17.9 Å². The summed E-state index contributed by atoms with van der Waals surface area (Å²) in [5.41, 5.74) is 1.49. The fraction of sp³-hybridized carbons (Fsp3) is 0.292. The highest BCUT2D eigenvalue weighted by Crippen LogP contribution is 2.27. The molecule has 1 aliphatic heterocycles. The normalized spacial score (nSPS) is 18.8. The molecule has 166 valence electrons. The molecule has 4 amide bonds. The van der Waals surface area contributed by atoms with Crippen LogP contribution in [0, 0.1) is 0 Å². The molecule has 1 saturated heterocycles. The summed E-state index contributed by atoms with van der Waals surface area (Å²) in [6.45, 7) is 0.316. The van der Waals surface area contributed by atoms with Crippen molar-refractivity contribution in [1.29, 1.82) is 0 Å². The van der Waals surface area contributed by atoms with Crippen LogP contribution in [0.2, 0.25) is 10.0 Å². The Balaban J connectivity index is 1.46. The Morgan fingerprint density at radius 3 is 2.38 bits per heavy atom. The molecule has 1 aliphatic carbocycles. The van der Waals surface area contributed by atoms with Crippen molar-refractivity contribution in [2.75, 3.05) is 0 Å². The number of carbonyl (C=O) groups is 3. The maximum Gasteiger partial charge on any atom is 0.331 e. The number of benzene rings is 2. The van der Waals surface area contributed by atoms with Crippen molar-refractivity contribution in [3.8, 4) is 5.75 Å². The van der Waals surface area contributed by atoms with Gasteiger partial charge < -0.3 is 4.74 Å². The average molecular weight is 473 g/mol. The largest absolute Gasteiger partial charge is 0.489 e. The summed E-state index contributed by atoms with van der Waals surface area (Å²) >= 11 is 11.9. The summed E-state index contributed by atoms with van der Waals surface area (Å²) in [5.74, 6) is -0.589. The average Bonchev–Trinajstić information content (AvgIpc) is 2.79. The minimum absolute atomic E-state index is 0.0420. The van der Waals surface area contributed by atoms with Gasteiger partial charge in [-0.1, -0.05) is 60.7 Å². The van der Waals surface area contributed by atoms with E-state index in [0.717, 1.165) is 37.7 Å². The third kappa shape index (κ3) is 4.97. The molecule has 0 radical (unpaired) electrons. The van der Waals surface area contributed by atoms with Gasteiger partial charge in [0.15, 0.2) is 0 Å². The van der Waals surface area contributed by atoms with Gasteiger partial charge in [-0.05, 0) is 54.3 Å². The Bertz CT molecular complexity index is 1080. The van der Waals surface area contributed by atoms with Crippen LogP contribution in [0.3, 0.4) is 0 Å². The number of amides is 4. The monoisotopic (exact) mass is 472 g/mol. The van der Waals surface area contributed by atoms with Gasteiger partial charge in [-0.25, -0.2) is 4.79 Å². The number of halogens is 2. The predicted molar refractivity (Wildman–Crippen MR) is 122 cm³/mol. The lowest BCUT2D eigenvalue weighted by atomic mass is 9.93. The lowest BCUT2D eigenvalue weighted by Gasteiger charge is -2.35. The number of nitrogens with zero attached hydrogens (tertiary/aromatic N) is 1. The Kier molecular flexibility index (Phi) is 6.82. The van der Waals surface area contributed by atoms with Crippen molar-refractivity contribution in [2.45, 2.75) is 44.8 Å². The first-order valence-corrected chi connectivity index (χ1v) is 11.3. The molecule has 1 N–H and O–H groups in total. The molecule has 6 nitrogen and oxygen atoms in total. The molecule has 4 rings (SSSR count). The highest BCUT2D eigenvalue weighted by molar-refractivity contribution is 6.42. The molecule has 1 saturated carbocycles. The molecule has 2 aromatic rings. The van der Waals surface area contributed by atoms with Gasteiger partial charge in [-0.3, -0.25) is 19.8 Å². The SMILES string of the molecule is O=C1NC(=O)N(C2CCCCC2)C(=O)C1=Cc1ccc(OCc2ccc(Cl)c(Cl)c2)cc1. The molecular formula is C24H22Cl2N2O4. The zero-order valence-electron chi connectivity index (χ0n) is 17.3. The number of hydrogen-bond donors (Lipinski definition) is 1. The smallest absolute Gasteiger partial charge is 0.331 e. The minimum atomic E-state index is -0.674. The zero-order valence-corrected chi connectivity index (χ0v) is 18.8. The molecule has 2 aliphatic rings. The number of hydrogen-bond acceptors (Lipinski definition) is 4. The maximum absolute atomic E-state index is 13.0. The van der Waals surface area contributed by atoms with Crippen LogP contribution in [0.15, 0.2) is 48.0 Å². The van der Waals surface area contributed by atoms with Gasteiger partial charge in [-0.15, -0.1) is 0 Å². The Hall–Kier alpha value is -2.83. The molecule has 8 heteroatoms. The van der Waals surface area contributed by atoms with Gasteiger partial charge >= 0.3 is 6.03 Å². The third-order valence-electron chi connectivity index (χ3n) is 5.65. The highest BCUT2D eigenvalue weighted by atomic mass is 35.5. The first-order chi connectivity index (χ1) is 15.4. The fourth-order valence-electron chi connectivity index (χ4n) is 3.96. The van der Waals surface area contributed by atoms with Gasteiger partial charge in [0.25, 0.3) is 11.8 Å². The number of barbiturate groups is 1. The summed E-state index contributed by atoms with van der Waals surface area (Å²) in [5, 5.41) is 3.25. The molecule has 0 spiro atoms. The summed E-state index contributed by atoms with van der Waals surface area (Å²) < 4.78 is 5.76. The fourth-order valence-corrected chi connectivity index (χ4v) is 4.29. The maximum atomic E-state index is 13.0. The van der Waals surface area contributed by atoms with Crippen LogP contribution in [-0.2, 0) is 16.2 Å². The van der Waals surface area contributed by atoms with Crippen LogP contribution in [0.1, 0.15) is 43.2 Å². The van der Waals surface area contributed by atoms with E-state index in [-0.39, 0.29) is 11.6 Å². The van der Waals surface area contributed by atoms with E-state index in [0.29, 0.717) is 28.0 Å². The molecule has 0 bridgehead atoms. The lowest BCUT2D eigenvalue weighted by Crippen LogP contribution is -2.58. The van der Waals surface area contributed by atoms with E-state index >= 15 is 0 Å². The van der Waals surface area contributed by atoms with Crippen LogP contribution < -0.4 is 10.1 Å². The van der Waals surface area contributed by atoms with E-state index in [4.69, 9.17) is 27.9 Å². The molecule has 2 fully saturated rings. The molecule has 2 aromatic carbocycles. The van der Waals surface area contributed by atoms with Gasteiger partial charge in [0, 0.05) is 6.04 Å². The van der Waals surface area contributed by atoms with Gasteiger partial charge in [0.2, 0.25) is 0 Å². The summed E-state index contributed by atoms with van der Waals surface area (Å²) in [6, 6.07) is 11.5. The Labute approximate surface area is 196 Å². The molecule has 32 heavy (non-hydrogen) atoms. The molecule has 0 atom stereocenters. The third-order valence-corrected chi connectivity index (χ3v) is 6.39. The number of imide groups is 2. The van der Waals surface area contributed by atoms with E-state index < -0.39 is 17.8 Å². The van der Waals surface area contributed by atoms with Crippen LogP contribution in [0.4, 0.5) is 4.79 Å². The molecule has 0 aromatic heterocycles. The molecular weight excluding hydrogens is 451 g/mol. The van der Waals surface area contributed by atoms with Crippen LogP contribution in [-0.4, -0.2) is 28.8 Å². The van der Waals surface area contributed by atoms with E-state index in [1.165, 1.54) is 11.0 Å². The van der Waals surface area contributed by atoms with E-state index in [2.05, 4.69) is 5.32 Å². The van der Waals surface area contributed by atoms with E-state index in [1.807, 2.05) is 6.07 Å². The number of nitrogens with one attached hydrogen (secondary N) is 1. The lowest BCUT2D eigenvalue weighted by molar-refractivity contribution is -0.132. The predicted octanol–water partition coefficient (Wildman–Crippen LogP) is 5.37. The van der Waals surface area contributed by atoms with E-state index in [1.54, 1.807) is 36.4 Å². The van der Waals surface area contributed by atoms with Crippen molar-refractivity contribution in [3.05, 3.63) is 69.2 Å². The standard InChI is InChI=1S/C24H22Cl2N2O4/c25-20-11-8-16(13-21(20)26)14-32-18-9-6-15(7-10-18)12-19-22(29)27-24(31)28(23(19)30)17-4-2-1-3-5-17/h6-13,17H,1-5,14H2,(H,27,29,31). The summed E-state index contributed by atoms with van der Waals surface area (Å²) in [7, 11) is 0. The van der Waals surface area contributed by atoms with Crippen molar-refractivity contribution >= 4 is 47.1 Å². The number of urea groups is 1. The van der Waals surface area contributed by atoms with E-state index in [9.17, 15) is 14.4 Å². The minimum Gasteiger partial charge on any atom is -0.489 e. The summed E-state index contributed by atoms with van der Waals surface area (Å²) in [4.78, 5) is 38.8. The number of rotatable bonds is 5.